The lowest BCUT2D eigenvalue weighted by Gasteiger charge is -2.47. The number of aromatic nitrogens is 3. The van der Waals surface area contributed by atoms with Crippen LogP contribution in [0.25, 0.3) is 10.8 Å². The molecule has 6 nitrogen and oxygen atoms in total. The van der Waals surface area contributed by atoms with Gasteiger partial charge >= 0.3 is 0 Å². The van der Waals surface area contributed by atoms with Gasteiger partial charge in [-0.1, -0.05) is 39.0 Å². The van der Waals surface area contributed by atoms with E-state index in [0.717, 1.165) is 47.9 Å². The maximum atomic E-state index is 15.4. The number of halogens is 3. The molecule has 1 aromatic carbocycles. The standard InChI is InChI=1S/C26H30F3N5O/c1-14(18-7-6-8-21(23(18)27)26(28,29)25(3,4)5)31-24-19-10-22(30-11-20(19)15(2)32-33-24)34-12-16-9-17(13-34)35-16/h6-8,10-11,14,16-17H,9,12-13H2,1-5H3,(H,31,33)/t14-,16?,17?/m1/s1. The zero-order valence-electron chi connectivity index (χ0n) is 20.6. The lowest BCUT2D eigenvalue weighted by Crippen LogP contribution is -2.57. The topological polar surface area (TPSA) is 63.2 Å². The van der Waals surface area contributed by atoms with Crippen molar-refractivity contribution in [2.45, 2.75) is 65.2 Å². The Hall–Kier alpha value is -2.94. The van der Waals surface area contributed by atoms with E-state index in [-0.39, 0.29) is 17.8 Å². The lowest BCUT2D eigenvalue weighted by atomic mass is 9.82. The normalized spacial score (nSPS) is 21.1. The molecule has 6 rings (SSSR count). The second-order valence-corrected chi connectivity index (χ2v) is 10.6. The highest BCUT2D eigenvalue weighted by atomic mass is 19.3. The number of fused-ring (bicyclic) bond motifs is 3. The van der Waals surface area contributed by atoms with Gasteiger partial charge in [0.05, 0.1) is 29.5 Å². The third-order valence-corrected chi connectivity index (χ3v) is 7.05. The van der Waals surface area contributed by atoms with Gasteiger partial charge in [-0.15, -0.1) is 5.10 Å². The van der Waals surface area contributed by atoms with Crippen LogP contribution in [0.4, 0.5) is 24.8 Å². The molecule has 0 aliphatic carbocycles. The summed E-state index contributed by atoms with van der Waals surface area (Å²) >= 11 is 0. The number of aryl methyl sites for hydroxylation is 1. The smallest absolute Gasteiger partial charge is 0.280 e. The molecule has 0 saturated carbocycles. The van der Waals surface area contributed by atoms with Gasteiger partial charge in [-0.3, -0.25) is 0 Å². The van der Waals surface area contributed by atoms with E-state index in [1.807, 2.05) is 13.0 Å². The number of ether oxygens (including phenoxy) is 1. The Kier molecular flexibility index (Phi) is 5.66. The van der Waals surface area contributed by atoms with E-state index >= 15 is 4.39 Å². The number of anilines is 2. The van der Waals surface area contributed by atoms with Crippen molar-refractivity contribution in [1.29, 1.82) is 0 Å². The molecule has 0 radical (unpaired) electrons. The van der Waals surface area contributed by atoms with E-state index in [0.29, 0.717) is 5.82 Å². The number of benzene rings is 1. The highest BCUT2D eigenvalue weighted by Crippen LogP contribution is 2.46. The van der Waals surface area contributed by atoms with Crippen LogP contribution in [0.15, 0.2) is 30.5 Å². The second kappa shape index (κ2) is 8.33. The quantitative estimate of drug-likeness (QED) is 0.496. The summed E-state index contributed by atoms with van der Waals surface area (Å²) < 4.78 is 51.1. The minimum Gasteiger partial charge on any atom is -0.371 e. The van der Waals surface area contributed by atoms with Gasteiger partial charge in [0.25, 0.3) is 5.92 Å². The lowest BCUT2D eigenvalue weighted by molar-refractivity contribution is -0.133. The van der Waals surface area contributed by atoms with E-state index in [1.54, 1.807) is 13.1 Å². The van der Waals surface area contributed by atoms with Crippen molar-refractivity contribution in [2.24, 2.45) is 5.41 Å². The molecule has 9 heteroatoms. The van der Waals surface area contributed by atoms with Crippen LogP contribution in [-0.2, 0) is 10.7 Å². The monoisotopic (exact) mass is 485 g/mol. The number of hydrogen-bond donors (Lipinski definition) is 1. The van der Waals surface area contributed by atoms with Crippen LogP contribution >= 0.6 is 0 Å². The molecule has 3 aliphatic heterocycles. The number of pyridine rings is 1. The summed E-state index contributed by atoms with van der Waals surface area (Å²) in [7, 11) is 0. The molecule has 3 fully saturated rings. The molecule has 3 aliphatic rings. The first kappa shape index (κ1) is 23.8. The van der Waals surface area contributed by atoms with Crippen molar-refractivity contribution >= 4 is 22.4 Å². The minimum absolute atomic E-state index is 0.143. The van der Waals surface area contributed by atoms with Crippen molar-refractivity contribution in [2.75, 3.05) is 23.3 Å². The van der Waals surface area contributed by atoms with Gasteiger partial charge in [0, 0.05) is 47.5 Å². The molecule has 35 heavy (non-hydrogen) atoms. The number of nitrogens with zero attached hydrogens (tertiary/aromatic N) is 4. The van der Waals surface area contributed by atoms with Crippen LogP contribution in [0.1, 0.15) is 57.0 Å². The fraction of sp³-hybridized carbons (Fsp3) is 0.500. The van der Waals surface area contributed by atoms with Gasteiger partial charge in [-0.25, -0.2) is 18.2 Å². The Morgan fingerprint density at radius 3 is 2.46 bits per heavy atom. The molecule has 2 aromatic heterocycles. The maximum Gasteiger partial charge on any atom is 0.280 e. The third-order valence-electron chi connectivity index (χ3n) is 7.05. The number of alkyl halides is 2. The molecule has 1 N–H and O–H groups in total. The van der Waals surface area contributed by atoms with E-state index < -0.39 is 28.8 Å². The van der Waals surface area contributed by atoms with Crippen molar-refractivity contribution in [3.05, 3.63) is 53.1 Å². The molecular formula is C26H30F3N5O. The summed E-state index contributed by atoms with van der Waals surface area (Å²) in [6.07, 6.45) is 3.33. The summed E-state index contributed by atoms with van der Waals surface area (Å²) in [6, 6.07) is 5.47. The van der Waals surface area contributed by atoms with E-state index in [4.69, 9.17) is 4.74 Å². The molecule has 3 aromatic rings. The van der Waals surface area contributed by atoms with Gasteiger partial charge in [0.1, 0.15) is 11.6 Å². The summed E-state index contributed by atoms with van der Waals surface area (Å²) in [6.45, 7) is 9.35. The van der Waals surface area contributed by atoms with Crippen molar-refractivity contribution in [1.82, 2.24) is 15.2 Å². The fourth-order valence-electron chi connectivity index (χ4n) is 4.80. The predicted molar refractivity (Wildman–Crippen MR) is 129 cm³/mol. The molecule has 5 heterocycles. The van der Waals surface area contributed by atoms with E-state index in [1.165, 1.54) is 32.9 Å². The molecular weight excluding hydrogens is 455 g/mol. The number of piperidine rings is 1. The summed E-state index contributed by atoms with van der Waals surface area (Å²) in [5.41, 5.74) is -1.16. The van der Waals surface area contributed by atoms with E-state index in [9.17, 15) is 8.78 Å². The largest absolute Gasteiger partial charge is 0.371 e. The van der Waals surface area contributed by atoms with Crippen LogP contribution in [-0.4, -0.2) is 40.5 Å². The van der Waals surface area contributed by atoms with Gasteiger partial charge in [-0.2, -0.15) is 5.10 Å². The summed E-state index contributed by atoms with van der Waals surface area (Å²) in [5.74, 6) is -2.97. The van der Waals surface area contributed by atoms with Crippen LogP contribution < -0.4 is 10.2 Å². The zero-order chi connectivity index (χ0) is 25.1. The average molecular weight is 486 g/mol. The molecule has 3 saturated heterocycles. The molecule has 3 atom stereocenters. The molecule has 0 amide bonds. The van der Waals surface area contributed by atoms with Gasteiger partial charge in [-0.05, 0) is 19.9 Å². The summed E-state index contributed by atoms with van der Waals surface area (Å²) in [4.78, 5) is 6.83. The zero-order valence-corrected chi connectivity index (χ0v) is 20.6. The fourth-order valence-corrected chi connectivity index (χ4v) is 4.80. The third kappa shape index (κ3) is 4.09. The Morgan fingerprint density at radius 1 is 1.11 bits per heavy atom. The highest BCUT2D eigenvalue weighted by Gasteiger charge is 2.47. The van der Waals surface area contributed by atoms with Crippen molar-refractivity contribution < 1.29 is 17.9 Å². The first-order chi connectivity index (χ1) is 16.5. The van der Waals surface area contributed by atoms with Crippen molar-refractivity contribution in [3.63, 3.8) is 0 Å². The predicted octanol–water partition coefficient (Wildman–Crippen LogP) is 5.76. The number of morpholine rings is 1. The van der Waals surface area contributed by atoms with Gasteiger partial charge < -0.3 is 15.0 Å². The number of hydrogen-bond acceptors (Lipinski definition) is 6. The molecule has 2 unspecified atom stereocenters. The Labute approximate surface area is 202 Å². The summed E-state index contributed by atoms with van der Waals surface area (Å²) in [5, 5.41) is 13.4. The second-order valence-electron chi connectivity index (χ2n) is 10.6. The molecule has 2 bridgehead atoms. The Balaban J connectivity index is 1.48. The van der Waals surface area contributed by atoms with Crippen LogP contribution in [0, 0.1) is 18.2 Å². The van der Waals surface area contributed by atoms with E-state index in [2.05, 4.69) is 25.4 Å². The van der Waals surface area contributed by atoms with Gasteiger partial charge in [0.2, 0.25) is 0 Å². The van der Waals surface area contributed by atoms with Crippen LogP contribution in [0.2, 0.25) is 0 Å². The van der Waals surface area contributed by atoms with Crippen LogP contribution in [0.5, 0.6) is 0 Å². The number of rotatable bonds is 5. The van der Waals surface area contributed by atoms with Crippen molar-refractivity contribution in [3.8, 4) is 0 Å². The van der Waals surface area contributed by atoms with Crippen LogP contribution in [0.3, 0.4) is 0 Å². The average Bonchev–Trinajstić information content (AvgIpc) is 2.79. The molecule has 186 valence electrons. The van der Waals surface area contributed by atoms with Gasteiger partial charge in [0.15, 0.2) is 5.82 Å². The first-order valence-corrected chi connectivity index (χ1v) is 11.9. The Morgan fingerprint density at radius 2 is 1.80 bits per heavy atom. The molecule has 0 spiro atoms. The maximum absolute atomic E-state index is 15.4. The first-order valence-electron chi connectivity index (χ1n) is 11.9. The number of nitrogens with one attached hydrogen (secondary N) is 1. The minimum atomic E-state index is -3.33. The SMILES string of the molecule is Cc1nnc(N[C@H](C)c2cccc(C(F)(F)C(C)(C)C)c2F)c2cc(N3CC4CC(C3)O4)ncc12. The highest BCUT2D eigenvalue weighted by molar-refractivity contribution is 5.94. The Bertz CT molecular complexity index is 1260.